The van der Waals surface area contributed by atoms with E-state index in [1.165, 1.54) is 5.56 Å². The number of aryl methyl sites for hydroxylation is 2. The summed E-state index contributed by atoms with van der Waals surface area (Å²) in [6, 6.07) is 19.5. The van der Waals surface area contributed by atoms with E-state index in [2.05, 4.69) is 32.7 Å². The fraction of sp³-hybridized carbons (Fsp3) is 0.308. The van der Waals surface area contributed by atoms with Crippen LogP contribution in [-0.4, -0.2) is 39.8 Å². The van der Waals surface area contributed by atoms with E-state index < -0.39 is 0 Å². The predicted molar refractivity (Wildman–Crippen MR) is 129 cm³/mol. The summed E-state index contributed by atoms with van der Waals surface area (Å²) in [7, 11) is 0. The zero-order valence-corrected chi connectivity index (χ0v) is 19.0. The summed E-state index contributed by atoms with van der Waals surface area (Å²) in [6.07, 6.45) is 1.05. The van der Waals surface area contributed by atoms with E-state index in [-0.39, 0.29) is 24.2 Å². The molecule has 4 rings (SSSR count). The van der Waals surface area contributed by atoms with Gasteiger partial charge in [0.15, 0.2) is 0 Å². The Hall–Kier alpha value is -3.74. The van der Waals surface area contributed by atoms with E-state index >= 15 is 0 Å². The van der Waals surface area contributed by atoms with Gasteiger partial charge in [0.25, 0.3) is 0 Å². The van der Waals surface area contributed by atoms with Gasteiger partial charge in [-0.3, -0.25) is 9.59 Å². The molecule has 3 aromatic rings. The minimum atomic E-state index is -0.326. The van der Waals surface area contributed by atoms with Gasteiger partial charge in [-0.15, -0.1) is 0 Å². The third-order valence-electron chi connectivity index (χ3n) is 5.73. The fourth-order valence-electron chi connectivity index (χ4n) is 4.05. The van der Waals surface area contributed by atoms with Crippen LogP contribution in [0.25, 0.3) is 0 Å². The normalized spacial score (nSPS) is 15.5. The molecule has 1 aliphatic rings. The van der Waals surface area contributed by atoms with Crippen LogP contribution in [0.2, 0.25) is 0 Å². The molecule has 1 fully saturated rings. The summed E-state index contributed by atoms with van der Waals surface area (Å²) < 4.78 is 0. The third-order valence-corrected chi connectivity index (χ3v) is 5.73. The summed E-state index contributed by atoms with van der Waals surface area (Å²) in [5, 5.41) is 6.25. The lowest BCUT2D eigenvalue weighted by atomic mass is 10.1. The van der Waals surface area contributed by atoms with Crippen molar-refractivity contribution in [2.24, 2.45) is 5.92 Å². The molecule has 1 saturated heterocycles. The van der Waals surface area contributed by atoms with Gasteiger partial charge in [-0.05, 0) is 56.2 Å². The molecule has 1 aromatic heterocycles. The molecule has 33 heavy (non-hydrogen) atoms. The highest BCUT2D eigenvalue weighted by molar-refractivity contribution is 5.97. The lowest BCUT2D eigenvalue weighted by Crippen LogP contribution is -2.30. The number of benzene rings is 2. The van der Waals surface area contributed by atoms with Crippen LogP contribution in [0.1, 0.15) is 29.2 Å². The van der Waals surface area contributed by atoms with Gasteiger partial charge in [0, 0.05) is 42.3 Å². The molecule has 0 radical (unpaired) electrons. The summed E-state index contributed by atoms with van der Waals surface area (Å²) in [5.41, 5.74) is 4.71. The Labute approximate surface area is 194 Å². The number of hydrogen-bond donors (Lipinski definition) is 2. The Morgan fingerprint density at radius 2 is 1.67 bits per heavy atom. The average Bonchev–Trinajstić information content (AvgIpc) is 3.18. The summed E-state index contributed by atoms with van der Waals surface area (Å²) >= 11 is 0. The summed E-state index contributed by atoms with van der Waals surface area (Å²) in [4.78, 5) is 35.7. The van der Waals surface area contributed by atoms with E-state index in [0.29, 0.717) is 25.3 Å². The SMILES string of the molecule is Cc1cc(C)nc(CNc2ccc(NC(=O)C3CC(=O)N(CCc4ccccc4)C3)cc2)n1. The number of carbonyl (C=O) groups excluding carboxylic acids is 2. The maximum Gasteiger partial charge on any atom is 0.229 e. The Kier molecular flexibility index (Phi) is 6.98. The molecule has 0 saturated carbocycles. The predicted octanol–water partition coefficient (Wildman–Crippen LogP) is 3.74. The summed E-state index contributed by atoms with van der Waals surface area (Å²) in [5.74, 6) is 0.342. The molecule has 7 heteroatoms. The van der Waals surface area contributed by atoms with Crippen molar-refractivity contribution in [2.75, 3.05) is 23.7 Å². The number of nitrogens with zero attached hydrogens (tertiary/aromatic N) is 3. The number of carbonyl (C=O) groups is 2. The van der Waals surface area contributed by atoms with Crippen LogP contribution >= 0.6 is 0 Å². The molecule has 2 heterocycles. The first-order valence-electron chi connectivity index (χ1n) is 11.2. The van der Waals surface area contributed by atoms with Crippen LogP contribution < -0.4 is 10.6 Å². The van der Waals surface area contributed by atoms with Crippen molar-refractivity contribution < 1.29 is 9.59 Å². The molecule has 2 N–H and O–H groups in total. The van der Waals surface area contributed by atoms with E-state index in [4.69, 9.17) is 0 Å². The number of rotatable bonds is 8. The number of hydrogen-bond acceptors (Lipinski definition) is 5. The fourth-order valence-corrected chi connectivity index (χ4v) is 4.05. The highest BCUT2D eigenvalue weighted by Gasteiger charge is 2.34. The van der Waals surface area contributed by atoms with Crippen molar-refractivity contribution in [1.29, 1.82) is 0 Å². The lowest BCUT2D eigenvalue weighted by molar-refractivity contribution is -0.128. The van der Waals surface area contributed by atoms with Crippen LogP contribution in [0.5, 0.6) is 0 Å². The van der Waals surface area contributed by atoms with Crippen molar-refractivity contribution in [3.63, 3.8) is 0 Å². The first kappa shape index (κ1) is 22.5. The quantitative estimate of drug-likeness (QED) is 0.554. The van der Waals surface area contributed by atoms with Crippen molar-refractivity contribution in [3.05, 3.63) is 83.4 Å². The molecular weight excluding hydrogens is 414 g/mol. The molecule has 1 atom stereocenters. The molecule has 7 nitrogen and oxygen atoms in total. The van der Waals surface area contributed by atoms with Gasteiger partial charge in [0.05, 0.1) is 12.5 Å². The van der Waals surface area contributed by atoms with Crippen LogP contribution in [0.15, 0.2) is 60.7 Å². The number of likely N-dealkylation sites (tertiary alicyclic amines) is 1. The number of anilines is 2. The molecule has 0 aliphatic carbocycles. The first-order chi connectivity index (χ1) is 16.0. The standard InChI is InChI=1S/C26H29N5O2/c1-18-14-19(2)29-24(28-18)16-27-22-8-10-23(11-9-22)30-26(33)21-15-25(32)31(17-21)13-12-20-6-4-3-5-7-20/h3-11,14,21,27H,12-13,15-17H2,1-2H3,(H,30,33). The Balaban J connectivity index is 1.26. The Morgan fingerprint density at radius 1 is 1.00 bits per heavy atom. The minimum absolute atomic E-state index is 0.0410. The minimum Gasteiger partial charge on any atom is -0.378 e. The highest BCUT2D eigenvalue weighted by Crippen LogP contribution is 2.21. The Bertz CT molecular complexity index is 1100. The second kappa shape index (κ2) is 10.3. The molecule has 170 valence electrons. The van der Waals surface area contributed by atoms with E-state index in [9.17, 15) is 9.59 Å². The monoisotopic (exact) mass is 443 g/mol. The zero-order valence-electron chi connectivity index (χ0n) is 19.0. The van der Waals surface area contributed by atoms with Gasteiger partial charge < -0.3 is 15.5 Å². The number of nitrogens with one attached hydrogen (secondary N) is 2. The van der Waals surface area contributed by atoms with Crippen LogP contribution in [-0.2, 0) is 22.6 Å². The second-order valence-electron chi connectivity index (χ2n) is 8.46. The van der Waals surface area contributed by atoms with Crippen LogP contribution in [0.3, 0.4) is 0 Å². The topological polar surface area (TPSA) is 87.2 Å². The molecular formula is C26H29N5O2. The average molecular weight is 444 g/mol. The van der Waals surface area contributed by atoms with Gasteiger partial charge in [0.1, 0.15) is 5.82 Å². The molecule has 0 spiro atoms. The maximum atomic E-state index is 12.7. The van der Waals surface area contributed by atoms with Crippen molar-refractivity contribution in [3.8, 4) is 0 Å². The van der Waals surface area contributed by atoms with Crippen molar-refractivity contribution >= 4 is 23.2 Å². The molecule has 1 aliphatic heterocycles. The maximum absolute atomic E-state index is 12.7. The molecule has 0 bridgehead atoms. The van der Waals surface area contributed by atoms with Gasteiger partial charge in [-0.1, -0.05) is 30.3 Å². The van der Waals surface area contributed by atoms with Gasteiger partial charge in [0.2, 0.25) is 11.8 Å². The van der Waals surface area contributed by atoms with E-state index in [1.54, 1.807) is 4.90 Å². The highest BCUT2D eigenvalue weighted by atomic mass is 16.2. The van der Waals surface area contributed by atoms with Crippen LogP contribution in [0.4, 0.5) is 11.4 Å². The first-order valence-corrected chi connectivity index (χ1v) is 11.2. The summed E-state index contributed by atoms with van der Waals surface area (Å²) in [6.45, 7) is 5.54. The van der Waals surface area contributed by atoms with Crippen LogP contribution in [0, 0.1) is 19.8 Å². The zero-order chi connectivity index (χ0) is 23.2. The van der Waals surface area contributed by atoms with E-state index in [0.717, 1.165) is 29.3 Å². The van der Waals surface area contributed by atoms with Gasteiger partial charge >= 0.3 is 0 Å². The molecule has 2 aromatic carbocycles. The smallest absolute Gasteiger partial charge is 0.229 e. The van der Waals surface area contributed by atoms with Crippen molar-refractivity contribution in [1.82, 2.24) is 14.9 Å². The lowest BCUT2D eigenvalue weighted by Gasteiger charge is -2.16. The van der Waals surface area contributed by atoms with E-state index in [1.807, 2.05) is 62.4 Å². The largest absolute Gasteiger partial charge is 0.378 e. The van der Waals surface area contributed by atoms with Gasteiger partial charge in [-0.25, -0.2) is 9.97 Å². The second-order valence-corrected chi connectivity index (χ2v) is 8.46. The van der Waals surface area contributed by atoms with Crippen molar-refractivity contribution in [2.45, 2.75) is 33.2 Å². The third kappa shape index (κ3) is 6.16. The number of amides is 2. The molecule has 2 amide bonds. The number of aromatic nitrogens is 2. The van der Waals surface area contributed by atoms with Gasteiger partial charge in [-0.2, -0.15) is 0 Å². The molecule has 1 unspecified atom stereocenters. The Morgan fingerprint density at radius 3 is 2.36 bits per heavy atom.